The number of nitrogens with zero attached hydrogens (tertiary/aromatic N) is 4. The molecule has 2 aliphatic heterocycles. The van der Waals surface area contributed by atoms with Crippen molar-refractivity contribution in [2.24, 2.45) is 0 Å². The molecule has 0 radical (unpaired) electrons. The molecule has 0 aliphatic carbocycles. The summed E-state index contributed by atoms with van der Waals surface area (Å²) >= 11 is 0. The van der Waals surface area contributed by atoms with E-state index in [0.717, 1.165) is 128 Å². The van der Waals surface area contributed by atoms with E-state index in [1.54, 1.807) is 0 Å². The monoisotopic (exact) mass is 1440 g/mol. The Bertz CT molecular complexity index is 6000. The maximum absolute atomic E-state index is 11.6. The minimum Gasteiger partial charge on any atom is -0.311 e. The van der Waals surface area contributed by atoms with E-state index in [4.69, 9.17) is 0 Å². The quantitative estimate of drug-likeness (QED) is 0.142. The molecule has 0 spiro atoms. The van der Waals surface area contributed by atoms with Gasteiger partial charge in [0.1, 0.15) is 6.07 Å². The van der Waals surface area contributed by atoms with Crippen molar-refractivity contribution in [1.29, 1.82) is 5.26 Å². The van der Waals surface area contributed by atoms with E-state index in [0.29, 0.717) is 22.3 Å². The molecule has 15 rings (SSSR count). The first-order chi connectivity index (χ1) is 53.2. The van der Waals surface area contributed by atoms with Crippen molar-refractivity contribution in [2.75, 3.05) is 9.80 Å². The number of hydrogen-bond donors (Lipinski definition) is 0. The first kappa shape index (κ1) is 70.0. The molecule has 4 nitrogen and oxygen atoms in total. The summed E-state index contributed by atoms with van der Waals surface area (Å²) in [7, 11) is 0. The smallest absolute Gasteiger partial charge is 0.252 e. The van der Waals surface area contributed by atoms with Crippen molar-refractivity contribution < 1.29 is 5.48 Å². The second-order valence-electron chi connectivity index (χ2n) is 39.7. The van der Waals surface area contributed by atoms with Crippen molar-refractivity contribution in [2.45, 2.75) is 209 Å². The summed E-state index contributed by atoms with van der Waals surface area (Å²) in [4.78, 5) is 5.02. The summed E-state index contributed by atoms with van der Waals surface area (Å²) in [6.07, 6.45) is 0. The van der Waals surface area contributed by atoms with Crippen LogP contribution in [0.4, 0.5) is 34.1 Å². The molecule has 0 fully saturated rings. The Labute approximate surface area is 663 Å². The third-order valence-corrected chi connectivity index (χ3v) is 23.2. The summed E-state index contributed by atoms with van der Waals surface area (Å²) in [5, 5.41) is 13.8. The Hall–Kier alpha value is -10.4. The maximum Gasteiger partial charge on any atom is 0.252 e. The Morgan fingerprint density at radius 3 is 1.12 bits per heavy atom. The van der Waals surface area contributed by atoms with Crippen molar-refractivity contribution >= 4 is 79.0 Å². The van der Waals surface area contributed by atoms with Crippen LogP contribution in [0.3, 0.4) is 0 Å². The number of nitriles is 1. The SMILES string of the molecule is [2H]c1c([2H])c(-c2cc(C(C)(C)C)cc(-c3ccccc3)c2N2c3cc(-c4cc(C(C)(C)C)cc(C(C)(C)C)c4)ccc3B3c4ccc(-c5cc(C(C)(C)C)cc(C(C)(C)C)c5)cc4N(c4ccc(C#N)c(-n5c6ccccc6c6ccccc65)c4)c4cc(-c5cc(C(C)(C)C)cc(C(C)(C)C)c5)cc2c43)c([2H])c(C(C)(C)C)c1[2H]. The highest BCUT2D eigenvalue weighted by Gasteiger charge is 2.46. The van der Waals surface area contributed by atoms with Crippen LogP contribution in [-0.2, 0) is 43.3 Å². The van der Waals surface area contributed by atoms with Gasteiger partial charge in [-0.15, -0.1) is 0 Å². The van der Waals surface area contributed by atoms with Crippen molar-refractivity contribution in [3.8, 4) is 67.4 Å². The van der Waals surface area contributed by atoms with Crippen LogP contribution in [0.2, 0.25) is 0 Å². The minimum atomic E-state index is -0.751. The van der Waals surface area contributed by atoms with E-state index >= 15 is 0 Å². The number of rotatable bonds is 8. The lowest BCUT2D eigenvalue weighted by Crippen LogP contribution is -2.61. The summed E-state index contributed by atoms with van der Waals surface area (Å²) in [6, 6.07) is 82.0. The fourth-order valence-electron chi connectivity index (χ4n) is 16.3. The second kappa shape index (κ2) is 26.4. The van der Waals surface area contributed by atoms with Crippen LogP contribution in [0.5, 0.6) is 0 Å². The van der Waals surface area contributed by atoms with Gasteiger partial charge >= 0.3 is 0 Å². The van der Waals surface area contributed by atoms with Gasteiger partial charge in [-0.05, 0) is 215 Å². The van der Waals surface area contributed by atoms with Crippen LogP contribution < -0.4 is 26.2 Å². The van der Waals surface area contributed by atoms with Crippen LogP contribution in [-0.4, -0.2) is 11.3 Å². The molecule has 13 aromatic rings. The molecular weight excluding hydrogens is 1330 g/mol. The predicted octanol–water partition coefficient (Wildman–Crippen LogP) is 27.5. The van der Waals surface area contributed by atoms with Crippen LogP contribution in [0.1, 0.15) is 222 Å². The van der Waals surface area contributed by atoms with Crippen LogP contribution in [0.25, 0.3) is 83.1 Å². The van der Waals surface area contributed by atoms with Crippen LogP contribution >= 0.6 is 0 Å². The predicted molar refractivity (Wildman–Crippen MR) is 476 cm³/mol. The van der Waals surface area contributed by atoms with Gasteiger partial charge in [0.15, 0.2) is 0 Å². The fraction of sp³-hybridized carbons (Fsp3) is 0.305. The number of anilines is 6. The highest BCUT2D eigenvalue weighted by Crippen LogP contribution is 2.55. The largest absolute Gasteiger partial charge is 0.311 e. The van der Waals surface area contributed by atoms with Crippen molar-refractivity contribution in [3.05, 3.63) is 287 Å². The Balaban J connectivity index is 1.19. The lowest BCUT2D eigenvalue weighted by atomic mass is 9.33. The average Bonchev–Trinajstić information content (AvgIpc) is 0.757. The van der Waals surface area contributed by atoms with E-state index < -0.39 is 17.5 Å². The molecule has 12 aromatic carbocycles. The zero-order chi connectivity index (χ0) is 82.1. The second-order valence-corrected chi connectivity index (χ2v) is 39.7. The van der Waals surface area contributed by atoms with Gasteiger partial charge in [-0.25, -0.2) is 0 Å². The van der Waals surface area contributed by atoms with E-state index in [9.17, 15) is 10.7 Å². The van der Waals surface area contributed by atoms with E-state index in [2.05, 4.69) is 372 Å². The number of para-hydroxylation sites is 2. The van der Waals surface area contributed by atoms with Gasteiger partial charge in [-0.1, -0.05) is 336 Å². The molecule has 3 heterocycles. The van der Waals surface area contributed by atoms with E-state index in [1.165, 1.54) is 33.4 Å². The molecule has 0 N–H and O–H groups in total. The van der Waals surface area contributed by atoms with Gasteiger partial charge in [0.25, 0.3) is 6.71 Å². The number of hydrogen-bond acceptors (Lipinski definition) is 3. The molecule has 0 bridgehead atoms. The molecule has 0 saturated carbocycles. The van der Waals surface area contributed by atoms with E-state index in [1.807, 2.05) is 26.8 Å². The lowest BCUT2D eigenvalue weighted by molar-refractivity contribution is 0.568. The third-order valence-electron chi connectivity index (χ3n) is 23.2. The van der Waals surface area contributed by atoms with Gasteiger partial charge in [0.2, 0.25) is 0 Å². The molecular formula is C105H111BN4. The first-order valence-corrected chi connectivity index (χ1v) is 39.6. The molecule has 554 valence electrons. The average molecular weight is 1440 g/mol. The highest BCUT2D eigenvalue weighted by atomic mass is 15.2. The van der Waals surface area contributed by atoms with Gasteiger partial charge in [0.05, 0.1) is 33.5 Å². The number of benzene rings is 12. The maximum atomic E-state index is 11.6. The molecule has 0 atom stereocenters. The molecule has 1 aromatic heterocycles. The molecule has 5 heteroatoms. The number of aromatic nitrogens is 1. The Kier molecular flexibility index (Phi) is 16.8. The summed E-state index contributed by atoms with van der Waals surface area (Å²) in [5.74, 6) is 0. The topological polar surface area (TPSA) is 35.2 Å². The highest BCUT2D eigenvalue weighted by molar-refractivity contribution is 7.00. The van der Waals surface area contributed by atoms with Crippen molar-refractivity contribution in [3.63, 3.8) is 0 Å². The minimum absolute atomic E-state index is 0.0697. The standard InChI is InChI=1S/C105H111BN4/c1-98(2,3)74-36-32-35-68(47-74)86-62-81(105(22,23)24)61-85(65-33-26-25-27-34-65)97(86)110-93-55-67(71-50-77(101(10,11)12)59-78(51-71)102(13,14)15)43-46-88(93)106-87-45-42-66(70-48-75(99(4,5)6)58-76(49-70)100(7,8)9)54-92(87)108(94-56-73(57-95(110)96(94)106)72-52-79(103(16,17)18)60-80(53-72)104(19,20)21)82-44-41-69(64-107)91(63-82)109-89-39-30-28-37-83(89)84-38-29-31-40-90(84)109/h25-63H,1-24H3/i32D,35D,36D,47D. The molecule has 110 heavy (non-hydrogen) atoms. The Morgan fingerprint density at radius 1 is 0.309 bits per heavy atom. The van der Waals surface area contributed by atoms with E-state index in [-0.39, 0.29) is 56.7 Å². The van der Waals surface area contributed by atoms with Gasteiger partial charge in [-0.3, -0.25) is 0 Å². The molecule has 2 aliphatic rings. The number of fused-ring (bicyclic) bond motifs is 7. The molecule has 0 saturated heterocycles. The van der Waals surface area contributed by atoms with Gasteiger partial charge < -0.3 is 14.4 Å². The summed E-state index contributed by atoms with van der Waals surface area (Å²) in [5.41, 5.74) is 27.6. The lowest BCUT2D eigenvalue weighted by Gasteiger charge is -2.45. The zero-order valence-electron chi connectivity index (χ0n) is 73.6. The molecule has 0 unspecified atom stereocenters. The third kappa shape index (κ3) is 13.6. The van der Waals surface area contributed by atoms with Crippen LogP contribution in [0, 0.1) is 11.3 Å². The normalized spacial score (nSPS) is 14.1. The summed E-state index contributed by atoms with van der Waals surface area (Å²) in [6.45, 7) is 53.9. The summed E-state index contributed by atoms with van der Waals surface area (Å²) < 4.78 is 43.2. The fourth-order valence-corrected chi connectivity index (χ4v) is 16.3. The Morgan fingerprint density at radius 2 is 0.682 bits per heavy atom. The first-order valence-electron chi connectivity index (χ1n) is 41.6. The van der Waals surface area contributed by atoms with Gasteiger partial charge in [-0.2, -0.15) is 5.26 Å². The van der Waals surface area contributed by atoms with Crippen LogP contribution in [0.15, 0.2) is 236 Å². The zero-order valence-corrected chi connectivity index (χ0v) is 69.6. The van der Waals surface area contributed by atoms with Crippen molar-refractivity contribution in [1.82, 2.24) is 4.57 Å². The molecule has 0 amide bonds. The van der Waals surface area contributed by atoms with Gasteiger partial charge in [0, 0.05) is 50.3 Å².